The molecule has 1 atom stereocenters. The highest BCUT2D eigenvalue weighted by Crippen LogP contribution is 2.30. The molecule has 4 nitrogen and oxygen atoms in total. The molecule has 1 aliphatic rings. The SMILES string of the molecule is Cc1ccccc1N(C(=O)C(F)(F)F)[C@H]1C=CS(=O)(=O)C1. The van der Waals surface area contributed by atoms with Crippen LogP contribution in [0.4, 0.5) is 18.9 Å². The van der Waals surface area contributed by atoms with Gasteiger partial charge in [0.05, 0.1) is 11.8 Å². The molecule has 0 spiro atoms. The number of halogens is 3. The van der Waals surface area contributed by atoms with Crippen LogP contribution in [0.3, 0.4) is 0 Å². The number of hydrogen-bond acceptors (Lipinski definition) is 3. The van der Waals surface area contributed by atoms with Crippen LogP contribution in [0.15, 0.2) is 35.7 Å². The molecule has 0 fully saturated rings. The Morgan fingerprint density at radius 3 is 2.38 bits per heavy atom. The zero-order chi connectivity index (χ0) is 15.8. The number of amides is 1. The zero-order valence-corrected chi connectivity index (χ0v) is 11.8. The van der Waals surface area contributed by atoms with Crippen molar-refractivity contribution in [3.8, 4) is 0 Å². The third-order valence-electron chi connectivity index (χ3n) is 3.08. The summed E-state index contributed by atoms with van der Waals surface area (Å²) in [4.78, 5) is 12.2. The number of alkyl halides is 3. The summed E-state index contributed by atoms with van der Waals surface area (Å²) in [6.45, 7) is 1.55. The lowest BCUT2D eigenvalue weighted by atomic mass is 10.1. The van der Waals surface area contributed by atoms with Crippen LogP contribution in [0.1, 0.15) is 5.56 Å². The predicted octanol–water partition coefficient (Wildman–Crippen LogP) is 2.20. The number of benzene rings is 1. The number of rotatable bonds is 2. The molecule has 0 N–H and O–H groups in total. The molecular weight excluding hydrogens is 307 g/mol. The van der Waals surface area contributed by atoms with Crippen molar-refractivity contribution in [1.82, 2.24) is 0 Å². The average molecular weight is 319 g/mol. The van der Waals surface area contributed by atoms with Crippen molar-refractivity contribution in [3.05, 3.63) is 41.3 Å². The van der Waals surface area contributed by atoms with E-state index in [1.165, 1.54) is 12.1 Å². The van der Waals surface area contributed by atoms with E-state index in [2.05, 4.69) is 0 Å². The molecule has 0 aliphatic carbocycles. The lowest BCUT2D eigenvalue weighted by Gasteiger charge is -2.29. The Hall–Kier alpha value is -1.83. The van der Waals surface area contributed by atoms with Gasteiger partial charge in [-0.15, -0.1) is 0 Å². The maximum atomic E-state index is 12.8. The fraction of sp³-hybridized carbons (Fsp3) is 0.308. The second-order valence-corrected chi connectivity index (χ2v) is 6.62. The van der Waals surface area contributed by atoms with Gasteiger partial charge in [-0.3, -0.25) is 9.69 Å². The second-order valence-electron chi connectivity index (χ2n) is 4.68. The zero-order valence-electron chi connectivity index (χ0n) is 11.0. The number of carbonyl (C=O) groups is 1. The van der Waals surface area contributed by atoms with E-state index in [4.69, 9.17) is 0 Å². The minimum absolute atomic E-state index is 0.0478. The normalized spacial score (nSPS) is 20.5. The highest BCUT2D eigenvalue weighted by atomic mass is 32.2. The molecule has 114 valence electrons. The van der Waals surface area contributed by atoms with Gasteiger partial charge in [-0.25, -0.2) is 8.42 Å². The van der Waals surface area contributed by atoms with Crippen molar-refractivity contribution in [2.24, 2.45) is 0 Å². The number of aryl methyl sites for hydroxylation is 1. The van der Waals surface area contributed by atoms with E-state index in [0.717, 1.165) is 11.5 Å². The molecule has 1 heterocycles. The van der Waals surface area contributed by atoms with Crippen LogP contribution in [-0.4, -0.2) is 32.3 Å². The molecule has 0 bridgehead atoms. The first-order valence-corrected chi connectivity index (χ1v) is 7.70. The number of para-hydroxylation sites is 1. The maximum Gasteiger partial charge on any atom is 0.471 e. The molecule has 0 aromatic heterocycles. The van der Waals surface area contributed by atoms with Crippen LogP contribution in [-0.2, 0) is 14.6 Å². The van der Waals surface area contributed by atoms with Crippen LogP contribution in [0.25, 0.3) is 0 Å². The standard InChI is InChI=1S/C13H12F3NO3S/c1-9-4-2-3-5-11(9)17(12(18)13(14,15)16)10-6-7-21(19,20)8-10/h2-7,10H,8H2,1H3/t10-/m0/s1. The Labute approximate surface area is 119 Å². The fourth-order valence-electron chi connectivity index (χ4n) is 2.13. The summed E-state index contributed by atoms with van der Waals surface area (Å²) in [7, 11) is -3.58. The van der Waals surface area contributed by atoms with Gasteiger partial charge < -0.3 is 0 Å². The van der Waals surface area contributed by atoms with Crippen molar-refractivity contribution in [2.75, 3.05) is 10.7 Å². The average Bonchev–Trinajstić information content (AvgIpc) is 2.71. The minimum Gasteiger partial charge on any atom is -0.296 e. The molecule has 21 heavy (non-hydrogen) atoms. The summed E-state index contributed by atoms with van der Waals surface area (Å²) in [5.41, 5.74) is 0.499. The number of nitrogens with zero attached hydrogens (tertiary/aromatic N) is 1. The second kappa shape index (κ2) is 5.18. The number of hydrogen-bond donors (Lipinski definition) is 0. The smallest absolute Gasteiger partial charge is 0.296 e. The van der Waals surface area contributed by atoms with Crippen molar-refractivity contribution < 1.29 is 26.4 Å². The van der Waals surface area contributed by atoms with Gasteiger partial charge in [-0.1, -0.05) is 18.2 Å². The highest BCUT2D eigenvalue weighted by Gasteiger charge is 2.46. The third-order valence-corrected chi connectivity index (χ3v) is 4.46. The molecule has 1 aliphatic heterocycles. The molecule has 1 aromatic rings. The molecule has 0 saturated carbocycles. The lowest BCUT2D eigenvalue weighted by Crippen LogP contribution is -2.48. The predicted molar refractivity (Wildman–Crippen MR) is 71.4 cm³/mol. The summed E-state index contributed by atoms with van der Waals surface area (Å²) in [6, 6.07) is 4.87. The number of carbonyl (C=O) groups excluding carboxylic acids is 1. The summed E-state index contributed by atoms with van der Waals surface area (Å²) in [6.07, 6.45) is -3.98. The van der Waals surface area contributed by atoms with Gasteiger partial charge in [0.1, 0.15) is 0 Å². The number of sulfone groups is 1. The van der Waals surface area contributed by atoms with Crippen LogP contribution in [0, 0.1) is 6.92 Å². The van der Waals surface area contributed by atoms with Gasteiger partial charge >= 0.3 is 12.1 Å². The van der Waals surface area contributed by atoms with E-state index in [9.17, 15) is 26.4 Å². The lowest BCUT2D eigenvalue weighted by molar-refractivity contribution is -0.170. The van der Waals surface area contributed by atoms with E-state index < -0.39 is 33.7 Å². The van der Waals surface area contributed by atoms with Crippen LogP contribution < -0.4 is 4.90 Å². The quantitative estimate of drug-likeness (QED) is 0.840. The summed E-state index contributed by atoms with van der Waals surface area (Å²) >= 11 is 0. The highest BCUT2D eigenvalue weighted by molar-refractivity contribution is 7.94. The first-order valence-electron chi connectivity index (χ1n) is 5.99. The van der Waals surface area contributed by atoms with Crippen LogP contribution >= 0.6 is 0 Å². The first-order chi connectivity index (χ1) is 9.62. The molecule has 0 radical (unpaired) electrons. The van der Waals surface area contributed by atoms with Crippen LogP contribution in [0.2, 0.25) is 0 Å². The third kappa shape index (κ3) is 3.26. The molecule has 1 amide bonds. The Kier molecular flexibility index (Phi) is 3.83. The number of anilines is 1. The van der Waals surface area contributed by atoms with E-state index in [0.29, 0.717) is 10.5 Å². The van der Waals surface area contributed by atoms with E-state index in [1.807, 2.05) is 0 Å². The summed E-state index contributed by atoms with van der Waals surface area (Å²) < 4.78 is 61.2. The van der Waals surface area contributed by atoms with Crippen molar-refractivity contribution in [2.45, 2.75) is 19.1 Å². The van der Waals surface area contributed by atoms with Gasteiger partial charge in [-0.2, -0.15) is 13.2 Å². The monoisotopic (exact) mass is 319 g/mol. The molecule has 1 aromatic carbocycles. The maximum absolute atomic E-state index is 12.8. The first kappa shape index (κ1) is 15.6. The Morgan fingerprint density at radius 2 is 1.90 bits per heavy atom. The molecule has 8 heteroatoms. The molecular formula is C13H12F3NO3S. The topological polar surface area (TPSA) is 54.5 Å². The molecule has 2 rings (SSSR count). The van der Waals surface area contributed by atoms with Crippen molar-refractivity contribution in [1.29, 1.82) is 0 Å². The van der Waals surface area contributed by atoms with E-state index >= 15 is 0 Å². The Morgan fingerprint density at radius 1 is 1.29 bits per heavy atom. The Balaban J connectivity index is 2.49. The van der Waals surface area contributed by atoms with Crippen molar-refractivity contribution >= 4 is 21.4 Å². The minimum atomic E-state index is -5.08. The summed E-state index contributed by atoms with van der Waals surface area (Å²) in [5, 5.41) is 0.840. The van der Waals surface area contributed by atoms with Gasteiger partial charge in [0.25, 0.3) is 0 Å². The van der Waals surface area contributed by atoms with Gasteiger partial charge in [0, 0.05) is 11.1 Å². The summed E-state index contributed by atoms with van der Waals surface area (Å²) in [5.74, 6) is -2.63. The van der Waals surface area contributed by atoms with Gasteiger partial charge in [-0.05, 0) is 24.6 Å². The van der Waals surface area contributed by atoms with Gasteiger partial charge in [0.2, 0.25) is 0 Å². The molecule has 0 saturated heterocycles. The molecule has 0 unspecified atom stereocenters. The van der Waals surface area contributed by atoms with Gasteiger partial charge in [0.15, 0.2) is 9.84 Å². The largest absolute Gasteiger partial charge is 0.471 e. The van der Waals surface area contributed by atoms with E-state index in [-0.39, 0.29) is 5.69 Å². The fourth-order valence-corrected chi connectivity index (χ4v) is 3.40. The van der Waals surface area contributed by atoms with Crippen LogP contribution in [0.5, 0.6) is 0 Å². The van der Waals surface area contributed by atoms with E-state index in [1.54, 1.807) is 19.1 Å². The van der Waals surface area contributed by atoms with Crippen molar-refractivity contribution in [3.63, 3.8) is 0 Å². The Bertz CT molecular complexity index is 695.